The zero-order valence-electron chi connectivity index (χ0n) is 10.7. The molecule has 0 bridgehead atoms. The van der Waals surface area contributed by atoms with Gasteiger partial charge in [0.25, 0.3) is 0 Å². The molecule has 0 saturated carbocycles. The Morgan fingerprint density at radius 1 is 1.35 bits per heavy atom. The molecule has 0 atom stereocenters. The monoisotopic (exact) mass is 236 g/mol. The SMILES string of the molecule is CCCOCC(=O)Nc1c(C)cc(N)cc1C. The molecule has 0 fully saturated rings. The first-order valence-electron chi connectivity index (χ1n) is 5.79. The zero-order valence-corrected chi connectivity index (χ0v) is 10.7. The van der Waals surface area contributed by atoms with Crippen molar-refractivity contribution in [2.24, 2.45) is 0 Å². The highest BCUT2D eigenvalue weighted by molar-refractivity contribution is 5.93. The normalized spacial score (nSPS) is 10.3. The Kier molecular flexibility index (Phi) is 4.97. The Hall–Kier alpha value is -1.55. The van der Waals surface area contributed by atoms with Crippen LogP contribution in [0.5, 0.6) is 0 Å². The number of carbonyl (C=O) groups is 1. The van der Waals surface area contributed by atoms with Gasteiger partial charge in [0.2, 0.25) is 5.91 Å². The second-order valence-corrected chi connectivity index (χ2v) is 4.13. The van der Waals surface area contributed by atoms with Crippen LogP contribution in [0.2, 0.25) is 0 Å². The van der Waals surface area contributed by atoms with Gasteiger partial charge in [0.1, 0.15) is 6.61 Å². The maximum Gasteiger partial charge on any atom is 0.250 e. The Balaban J connectivity index is 2.65. The van der Waals surface area contributed by atoms with E-state index in [1.807, 2.05) is 32.9 Å². The van der Waals surface area contributed by atoms with E-state index in [0.29, 0.717) is 12.3 Å². The van der Waals surface area contributed by atoms with Crippen LogP contribution in [-0.2, 0) is 9.53 Å². The molecule has 1 aromatic rings. The molecule has 0 saturated heterocycles. The highest BCUT2D eigenvalue weighted by atomic mass is 16.5. The van der Waals surface area contributed by atoms with Crippen molar-refractivity contribution in [2.75, 3.05) is 24.3 Å². The minimum atomic E-state index is -0.130. The number of hydrogen-bond acceptors (Lipinski definition) is 3. The van der Waals surface area contributed by atoms with Crippen LogP contribution in [0.15, 0.2) is 12.1 Å². The molecule has 0 aliphatic carbocycles. The first kappa shape index (κ1) is 13.5. The summed E-state index contributed by atoms with van der Waals surface area (Å²) in [6, 6.07) is 3.69. The van der Waals surface area contributed by atoms with E-state index < -0.39 is 0 Å². The number of aryl methyl sites for hydroxylation is 2. The summed E-state index contributed by atoms with van der Waals surface area (Å²) in [4.78, 5) is 11.6. The number of ether oxygens (including phenoxy) is 1. The van der Waals surface area contributed by atoms with Gasteiger partial charge in [-0.2, -0.15) is 0 Å². The van der Waals surface area contributed by atoms with Gasteiger partial charge in [-0.25, -0.2) is 0 Å². The topological polar surface area (TPSA) is 64.3 Å². The predicted octanol–water partition coefficient (Wildman–Crippen LogP) is 2.25. The van der Waals surface area contributed by atoms with Gasteiger partial charge < -0.3 is 15.8 Å². The number of carbonyl (C=O) groups excluding carboxylic acids is 1. The lowest BCUT2D eigenvalue weighted by atomic mass is 10.1. The summed E-state index contributed by atoms with van der Waals surface area (Å²) >= 11 is 0. The third-order valence-corrected chi connectivity index (χ3v) is 2.40. The van der Waals surface area contributed by atoms with Crippen molar-refractivity contribution in [2.45, 2.75) is 27.2 Å². The van der Waals surface area contributed by atoms with Crippen molar-refractivity contribution in [1.82, 2.24) is 0 Å². The standard InChI is InChI=1S/C13H20N2O2/c1-4-5-17-8-12(16)15-13-9(2)6-11(14)7-10(13)3/h6-7H,4-5,8,14H2,1-3H3,(H,15,16). The summed E-state index contributed by atoms with van der Waals surface area (Å²) in [7, 11) is 0. The smallest absolute Gasteiger partial charge is 0.250 e. The van der Waals surface area contributed by atoms with Crippen LogP contribution >= 0.6 is 0 Å². The van der Waals surface area contributed by atoms with E-state index in [1.165, 1.54) is 0 Å². The second-order valence-electron chi connectivity index (χ2n) is 4.13. The lowest BCUT2D eigenvalue weighted by Gasteiger charge is -2.12. The van der Waals surface area contributed by atoms with Crippen molar-refractivity contribution in [3.05, 3.63) is 23.3 Å². The molecule has 0 radical (unpaired) electrons. The number of nitrogens with one attached hydrogen (secondary N) is 1. The number of nitrogen functional groups attached to an aromatic ring is 1. The Bertz CT molecular complexity index is 379. The van der Waals surface area contributed by atoms with Gasteiger partial charge in [-0.05, 0) is 43.5 Å². The van der Waals surface area contributed by atoms with E-state index in [4.69, 9.17) is 10.5 Å². The third kappa shape index (κ3) is 4.07. The highest BCUT2D eigenvalue weighted by Crippen LogP contribution is 2.23. The molecular formula is C13H20N2O2. The molecule has 3 N–H and O–H groups in total. The molecule has 0 aromatic heterocycles. The molecule has 0 unspecified atom stereocenters. The van der Waals surface area contributed by atoms with Gasteiger partial charge in [-0.1, -0.05) is 6.92 Å². The van der Waals surface area contributed by atoms with Crippen LogP contribution in [0, 0.1) is 13.8 Å². The van der Waals surface area contributed by atoms with E-state index in [0.717, 1.165) is 23.2 Å². The minimum absolute atomic E-state index is 0.0943. The van der Waals surface area contributed by atoms with Crippen LogP contribution in [-0.4, -0.2) is 19.1 Å². The quantitative estimate of drug-likeness (QED) is 0.608. The highest BCUT2D eigenvalue weighted by Gasteiger charge is 2.08. The van der Waals surface area contributed by atoms with Gasteiger partial charge in [0.05, 0.1) is 0 Å². The van der Waals surface area contributed by atoms with E-state index in [-0.39, 0.29) is 12.5 Å². The van der Waals surface area contributed by atoms with E-state index in [9.17, 15) is 4.79 Å². The molecular weight excluding hydrogens is 216 g/mol. The molecule has 0 heterocycles. The van der Waals surface area contributed by atoms with Crippen molar-refractivity contribution in [1.29, 1.82) is 0 Å². The number of rotatable bonds is 5. The predicted molar refractivity (Wildman–Crippen MR) is 70.1 cm³/mol. The summed E-state index contributed by atoms with van der Waals surface area (Å²) in [5.41, 5.74) is 9.18. The number of anilines is 2. The molecule has 94 valence electrons. The third-order valence-electron chi connectivity index (χ3n) is 2.40. The molecule has 4 nitrogen and oxygen atoms in total. The maximum atomic E-state index is 11.6. The molecule has 0 spiro atoms. The minimum Gasteiger partial charge on any atom is -0.399 e. The molecule has 0 aliphatic heterocycles. The molecule has 1 aromatic carbocycles. The lowest BCUT2D eigenvalue weighted by Crippen LogP contribution is -2.19. The van der Waals surface area contributed by atoms with Gasteiger partial charge in [0.15, 0.2) is 0 Å². The summed E-state index contributed by atoms with van der Waals surface area (Å²) in [6.45, 7) is 6.55. The summed E-state index contributed by atoms with van der Waals surface area (Å²) in [5.74, 6) is -0.130. The lowest BCUT2D eigenvalue weighted by molar-refractivity contribution is -0.120. The van der Waals surface area contributed by atoms with Crippen LogP contribution in [0.3, 0.4) is 0 Å². The van der Waals surface area contributed by atoms with Crippen molar-refractivity contribution in [3.63, 3.8) is 0 Å². The number of hydrogen-bond donors (Lipinski definition) is 2. The van der Waals surface area contributed by atoms with Gasteiger partial charge in [-0.15, -0.1) is 0 Å². The Morgan fingerprint density at radius 2 is 1.94 bits per heavy atom. The fraction of sp³-hybridized carbons (Fsp3) is 0.462. The summed E-state index contributed by atoms with van der Waals surface area (Å²) < 4.78 is 5.18. The summed E-state index contributed by atoms with van der Waals surface area (Å²) in [6.07, 6.45) is 0.910. The fourth-order valence-electron chi connectivity index (χ4n) is 1.68. The largest absolute Gasteiger partial charge is 0.399 e. The number of nitrogens with two attached hydrogens (primary N) is 1. The van der Waals surface area contributed by atoms with Crippen LogP contribution in [0.25, 0.3) is 0 Å². The first-order chi connectivity index (χ1) is 8.04. The molecule has 1 rings (SSSR count). The van der Waals surface area contributed by atoms with E-state index in [1.54, 1.807) is 0 Å². The Morgan fingerprint density at radius 3 is 2.47 bits per heavy atom. The van der Waals surface area contributed by atoms with Crippen LogP contribution in [0.4, 0.5) is 11.4 Å². The van der Waals surface area contributed by atoms with Crippen molar-refractivity contribution in [3.8, 4) is 0 Å². The number of benzene rings is 1. The molecule has 4 heteroatoms. The van der Waals surface area contributed by atoms with Gasteiger partial charge >= 0.3 is 0 Å². The number of amides is 1. The second kappa shape index (κ2) is 6.25. The van der Waals surface area contributed by atoms with Crippen molar-refractivity contribution < 1.29 is 9.53 Å². The first-order valence-corrected chi connectivity index (χ1v) is 5.79. The summed E-state index contributed by atoms with van der Waals surface area (Å²) in [5, 5.41) is 2.85. The van der Waals surface area contributed by atoms with Gasteiger partial charge in [0, 0.05) is 18.0 Å². The van der Waals surface area contributed by atoms with E-state index in [2.05, 4.69) is 5.32 Å². The maximum absolute atomic E-state index is 11.6. The van der Waals surface area contributed by atoms with Crippen molar-refractivity contribution >= 4 is 17.3 Å². The van der Waals surface area contributed by atoms with Gasteiger partial charge in [-0.3, -0.25) is 4.79 Å². The Labute approximate surface area is 102 Å². The molecule has 17 heavy (non-hydrogen) atoms. The van der Waals surface area contributed by atoms with Crippen LogP contribution in [0.1, 0.15) is 24.5 Å². The zero-order chi connectivity index (χ0) is 12.8. The molecule has 1 amide bonds. The average molecular weight is 236 g/mol. The average Bonchev–Trinajstić information content (AvgIpc) is 2.24. The van der Waals surface area contributed by atoms with Crippen LogP contribution < -0.4 is 11.1 Å². The van der Waals surface area contributed by atoms with E-state index >= 15 is 0 Å². The fourth-order valence-corrected chi connectivity index (χ4v) is 1.68. The molecule has 0 aliphatic rings.